The zero-order valence-electron chi connectivity index (χ0n) is 18.7. The molecule has 10 heteroatoms. The number of para-hydroxylation sites is 1. The van der Waals surface area contributed by atoms with Crippen LogP contribution < -0.4 is 16.0 Å². The van der Waals surface area contributed by atoms with Gasteiger partial charge in [0, 0.05) is 37.6 Å². The highest BCUT2D eigenvalue weighted by Gasteiger charge is 2.37. The van der Waals surface area contributed by atoms with Gasteiger partial charge in [0.2, 0.25) is 5.91 Å². The van der Waals surface area contributed by atoms with Gasteiger partial charge in [0.05, 0.1) is 12.6 Å². The Kier molecular flexibility index (Phi) is 7.58. The lowest BCUT2D eigenvalue weighted by Gasteiger charge is -2.40. The molecule has 2 atom stereocenters. The summed E-state index contributed by atoms with van der Waals surface area (Å²) in [5.41, 5.74) is 1.05. The molecular formula is C24H28FN5O4. The lowest BCUT2D eigenvalue weighted by Crippen LogP contribution is -2.63. The van der Waals surface area contributed by atoms with Gasteiger partial charge in [-0.2, -0.15) is 0 Å². The summed E-state index contributed by atoms with van der Waals surface area (Å²) in [7, 11) is 0. The van der Waals surface area contributed by atoms with Crippen molar-refractivity contribution in [3.63, 3.8) is 0 Å². The highest BCUT2D eigenvalue weighted by Crippen LogP contribution is 2.17. The van der Waals surface area contributed by atoms with Crippen LogP contribution in [0.15, 0.2) is 54.6 Å². The van der Waals surface area contributed by atoms with Crippen molar-refractivity contribution in [1.29, 1.82) is 0 Å². The van der Waals surface area contributed by atoms with E-state index in [0.29, 0.717) is 24.5 Å². The summed E-state index contributed by atoms with van der Waals surface area (Å²) in [6.07, 6.45) is 1.78. The van der Waals surface area contributed by atoms with Gasteiger partial charge in [-0.1, -0.05) is 18.2 Å². The molecule has 2 aliphatic heterocycles. The van der Waals surface area contributed by atoms with Gasteiger partial charge in [0.15, 0.2) is 0 Å². The molecular weight excluding hydrogens is 441 g/mol. The van der Waals surface area contributed by atoms with Crippen LogP contribution >= 0.6 is 0 Å². The highest BCUT2D eigenvalue weighted by atomic mass is 19.1. The predicted octanol–water partition coefficient (Wildman–Crippen LogP) is 2.87. The number of carbonyl (C=O) groups excluding carboxylic acids is 3. The van der Waals surface area contributed by atoms with Crippen molar-refractivity contribution >= 4 is 29.3 Å². The van der Waals surface area contributed by atoms with Gasteiger partial charge in [-0.15, -0.1) is 0 Å². The van der Waals surface area contributed by atoms with Crippen molar-refractivity contribution in [3.05, 3.63) is 60.4 Å². The van der Waals surface area contributed by atoms with Crippen molar-refractivity contribution in [2.45, 2.75) is 25.0 Å². The van der Waals surface area contributed by atoms with E-state index in [0.717, 1.165) is 12.8 Å². The topological polar surface area (TPSA) is 103 Å². The molecule has 9 nitrogen and oxygen atoms in total. The SMILES string of the molecule is O=C(NCC1CCCO1)C1CN(C(=O)Nc2ccc(F)cc2)CCN1C(=O)Nc1ccccc1. The molecule has 2 heterocycles. The summed E-state index contributed by atoms with van der Waals surface area (Å²) in [4.78, 5) is 41.8. The number of hydrogen-bond acceptors (Lipinski definition) is 4. The second-order valence-electron chi connectivity index (χ2n) is 8.27. The van der Waals surface area contributed by atoms with Gasteiger partial charge in [-0.25, -0.2) is 14.0 Å². The number of nitrogens with zero attached hydrogens (tertiary/aromatic N) is 2. The Labute approximate surface area is 197 Å². The lowest BCUT2D eigenvalue weighted by atomic mass is 10.1. The Balaban J connectivity index is 1.43. The number of amides is 5. The van der Waals surface area contributed by atoms with Crippen molar-refractivity contribution in [2.75, 3.05) is 43.4 Å². The Morgan fingerprint density at radius 3 is 2.35 bits per heavy atom. The monoisotopic (exact) mass is 469 g/mol. The number of piperazine rings is 1. The zero-order valence-corrected chi connectivity index (χ0v) is 18.7. The smallest absolute Gasteiger partial charge is 0.322 e. The highest BCUT2D eigenvalue weighted by molar-refractivity contribution is 5.95. The van der Waals surface area contributed by atoms with E-state index in [2.05, 4.69) is 16.0 Å². The average Bonchev–Trinajstić information content (AvgIpc) is 3.38. The van der Waals surface area contributed by atoms with Gasteiger partial charge in [-0.3, -0.25) is 4.79 Å². The molecule has 4 rings (SSSR count). The minimum absolute atomic E-state index is 0.0204. The number of hydrogen-bond donors (Lipinski definition) is 3. The molecule has 0 radical (unpaired) electrons. The fourth-order valence-electron chi connectivity index (χ4n) is 4.02. The van der Waals surface area contributed by atoms with Crippen LogP contribution in [0.5, 0.6) is 0 Å². The molecule has 34 heavy (non-hydrogen) atoms. The van der Waals surface area contributed by atoms with Gasteiger partial charge in [0.25, 0.3) is 0 Å². The molecule has 0 aromatic heterocycles. The Morgan fingerprint density at radius 2 is 1.65 bits per heavy atom. The number of urea groups is 2. The molecule has 2 aromatic carbocycles. The molecule has 3 N–H and O–H groups in total. The third kappa shape index (κ3) is 6.02. The minimum atomic E-state index is -0.877. The molecule has 180 valence electrons. The third-order valence-corrected chi connectivity index (χ3v) is 5.88. The van der Waals surface area contributed by atoms with E-state index in [1.54, 1.807) is 24.3 Å². The van der Waals surface area contributed by atoms with E-state index >= 15 is 0 Å². The van der Waals surface area contributed by atoms with Crippen molar-refractivity contribution in [3.8, 4) is 0 Å². The first-order chi connectivity index (χ1) is 16.5. The normalized spacial score (nSPS) is 20.0. The molecule has 2 aromatic rings. The molecule has 2 saturated heterocycles. The fraction of sp³-hybridized carbons (Fsp3) is 0.375. The first-order valence-corrected chi connectivity index (χ1v) is 11.3. The second-order valence-corrected chi connectivity index (χ2v) is 8.27. The average molecular weight is 470 g/mol. The van der Waals surface area contributed by atoms with E-state index in [1.165, 1.54) is 34.1 Å². The molecule has 2 fully saturated rings. The molecule has 5 amide bonds. The molecule has 2 aliphatic rings. The summed E-state index contributed by atoms with van der Waals surface area (Å²) in [5.74, 6) is -0.753. The van der Waals surface area contributed by atoms with E-state index in [1.807, 2.05) is 6.07 Å². The van der Waals surface area contributed by atoms with Crippen LogP contribution in [0.3, 0.4) is 0 Å². The van der Waals surface area contributed by atoms with E-state index in [4.69, 9.17) is 4.74 Å². The number of anilines is 2. The van der Waals surface area contributed by atoms with E-state index < -0.39 is 23.9 Å². The summed E-state index contributed by atoms with van der Waals surface area (Å²) in [5, 5.41) is 8.39. The standard InChI is InChI=1S/C24H28FN5O4/c25-17-8-10-19(11-9-17)27-23(32)29-12-13-30(24(33)28-18-5-2-1-3-6-18)21(16-29)22(31)26-15-20-7-4-14-34-20/h1-3,5-6,8-11,20-21H,4,7,12-16H2,(H,26,31)(H,27,32)(H,28,33). The zero-order chi connectivity index (χ0) is 23.9. The number of ether oxygens (including phenoxy) is 1. The number of carbonyl (C=O) groups is 3. The van der Waals surface area contributed by atoms with Gasteiger partial charge in [0.1, 0.15) is 11.9 Å². The first kappa shape index (κ1) is 23.5. The molecule has 0 aliphatic carbocycles. The summed E-state index contributed by atoms with van der Waals surface area (Å²) >= 11 is 0. The van der Waals surface area contributed by atoms with Crippen molar-refractivity contribution in [2.24, 2.45) is 0 Å². The molecule has 0 bridgehead atoms. The second kappa shape index (κ2) is 11.0. The maximum Gasteiger partial charge on any atom is 0.322 e. The van der Waals surface area contributed by atoms with Crippen LogP contribution in [0.1, 0.15) is 12.8 Å². The number of nitrogens with one attached hydrogen (secondary N) is 3. The Morgan fingerprint density at radius 1 is 0.941 bits per heavy atom. The van der Waals surface area contributed by atoms with Crippen LogP contribution in [-0.4, -0.2) is 72.7 Å². The Bertz CT molecular complexity index is 998. The molecule has 0 saturated carbocycles. The first-order valence-electron chi connectivity index (χ1n) is 11.3. The maximum atomic E-state index is 13.2. The van der Waals surface area contributed by atoms with E-state index in [-0.39, 0.29) is 31.6 Å². The Hall–Kier alpha value is -3.66. The quantitative estimate of drug-likeness (QED) is 0.627. The van der Waals surface area contributed by atoms with Gasteiger partial charge >= 0.3 is 12.1 Å². The summed E-state index contributed by atoms with van der Waals surface area (Å²) < 4.78 is 18.7. The van der Waals surface area contributed by atoms with Crippen LogP contribution in [0.2, 0.25) is 0 Å². The van der Waals surface area contributed by atoms with Crippen LogP contribution in [-0.2, 0) is 9.53 Å². The fourth-order valence-corrected chi connectivity index (χ4v) is 4.02. The largest absolute Gasteiger partial charge is 0.376 e. The third-order valence-electron chi connectivity index (χ3n) is 5.88. The minimum Gasteiger partial charge on any atom is -0.376 e. The van der Waals surface area contributed by atoms with Gasteiger partial charge < -0.3 is 30.5 Å². The van der Waals surface area contributed by atoms with Crippen LogP contribution in [0.4, 0.5) is 25.4 Å². The van der Waals surface area contributed by atoms with Crippen molar-refractivity contribution in [1.82, 2.24) is 15.1 Å². The molecule has 0 spiro atoms. The van der Waals surface area contributed by atoms with Crippen LogP contribution in [0, 0.1) is 5.82 Å². The predicted molar refractivity (Wildman–Crippen MR) is 125 cm³/mol. The number of benzene rings is 2. The molecule has 2 unspecified atom stereocenters. The summed E-state index contributed by atoms with van der Waals surface area (Å²) in [6, 6.07) is 12.7. The van der Waals surface area contributed by atoms with Gasteiger partial charge in [-0.05, 0) is 49.2 Å². The van der Waals surface area contributed by atoms with Crippen molar-refractivity contribution < 1.29 is 23.5 Å². The number of rotatable bonds is 5. The van der Waals surface area contributed by atoms with Crippen LogP contribution in [0.25, 0.3) is 0 Å². The maximum absolute atomic E-state index is 13.2. The number of halogens is 1. The van der Waals surface area contributed by atoms with E-state index in [9.17, 15) is 18.8 Å². The summed E-state index contributed by atoms with van der Waals surface area (Å²) in [6.45, 7) is 1.46. The lowest BCUT2D eigenvalue weighted by molar-refractivity contribution is -0.127.